The highest BCUT2D eigenvalue weighted by Crippen LogP contribution is 2.18. The van der Waals surface area contributed by atoms with E-state index in [-0.39, 0.29) is 16.6 Å². The van der Waals surface area contributed by atoms with Gasteiger partial charge >= 0.3 is 0 Å². The number of halogens is 1. The Morgan fingerprint density at radius 1 is 0.800 bits per heavy atom. The molecule has 3 aromatic carbocycles. The van der Waals surface area contributed by atoms with Gasteiger partial charge in [0.1, 0.15) is 5.82 Å². The van der Waals surface area contributed by atoms with E-state index in [1.54, 1.807) is 36.4 Å². The Labute approximate surface area is 206 Å². The topological polar surface area (TPSA) is 69.7 Å². The van der Waals surface area contributed by atoms with Crippen molar-refractivity contribution in [1.82, 2.24) is 9.62 Å². The van der Waals surface area contributed by atoms with Gasteiger partial charge in [0, 0.05) is 44.8 Å². The first kappa shape index (κ1) is 24.9. The quantitative estimate of drug-likeness (QED) is 0.492. The largest absolute Gasteiger partial charge is 0.368 e. The van der Waals surface area contributed by atoms with E-state index >= 15 is 0 Å². The number of aryl methyl sites for hydroxylation is 1. The number of carbonyl (C=O) groups is 1. The van der Waals surface area contributed by atoms with Crippen LogP contribution in [0.15, 0.2) is 83.8 Å². The Bertz CT molecular complexity index is 1210. The SMILES string of the molecule is O=C(CCc1ccc(S(=O)(=O)NCCc2ccccc2)cc1)N1CCN(c2ccc(F)cc2)CC1. The Kier molecular flexibility index (Phi) is 8.15. The van der Waals surface area contributed by atoms with Crippen LogP contribution < -0.4 is 9.62 Å². The number of hydrogen-bond donors (Lipinski definition) is 1. The normalized spacial score (nSPS) is 14.2. The van der Waals surface area contributed by atoms with Crippen LogP contribution in [0.25, 0.3) is 0 Å². The zero-order chi connectivity index (χ0) is 24.7. The number of rotatable bonds is 9. The number of hydrogen-bond acceptors (Lipinski definition) is 4. The van der Waals surface area contributed by atoms with E-state index in [0.717, 1.165) is 16.8 Å². The van der Waals surface area contributed by atoms with Gasteiger partial charge < -0.3 is 9.80 Å². The Morgan fingerprint density at radius 2 is 1.43 bits per heavy atom. The van der Waals surface area contributed by atoms with Crippen LogP contribution in [0.4, 0.5) is 10.1 Å². The number of piperazine rings is 1. The zero-order valence-corrected chi connectivity index (χ0v) is 20.4. The van der Waals surface area contributed by atoms with E-state index in [1.807, 2.05) is 35.2 Å². The fourth-order valence-corrected chi connectivity index (χ4v) is 5.20. The molecule has 0 unspecified atom stereocenters. The minimum atomic E-state index is -3.58. The molecular formula is C27H30FN3O3S. The molecule has 4 rings (SSSR count). The third-order valence-electron chi connectivity index (χ3n) is 6.23. The second-order valence-electron chi connectivity index (χ2n) is 8.62. The third-order valence-corrected chi connectivity index (χ3v) is 7.71. The highest BCUT2D eigenvalue weighted by Gasteiger charge is 2.21. The molecule has 184 valence electrons. The van der Waals surface area contributed by atoms with Crippen LogP contribution in [0.3, 0.4) is 0 Å². The van der Waals surface area contributed by atoms with E-state index < -0.39 is 10.0 Å². The fraction of sp³-hybridized carbons (Fsp3) is 0.296. The third kappa shape index (κ3) is 6.90. The van der Waals surface area contributed by atoms with Crippen LogP contribution >= 0.6 is 0 Å². The van der Waals surface area contributed by atoms with Crippen molar-refractivity contribution in [1.29, 1.82) is 0 Å². The highest BCUT2D eigenvalue weighted by molar-refractivity contribution is 7.89. The number of carbonyl (C=O) groups excluding carboxylic acids is 1. The van der Waals surface area contributed by atoms with E-state index in [1.165, 1.54) is 12.1 Å². The molecule has 8 heteroatoms. The molecule has 0 radical (unpaired) electrons. The maximum absolute atomic E-state index is 13.1. The van der Waals surface area contributed by atoms with Gasteiger partial charge in [0.2, 0.25) is 15.9 Å². The molecule has 35 heavy (non-hydrogen) atoms. The monoisotopic (exact) mass is 495 g/mol. The first-order valence-corrected chi connectivity index (χ1v) is 13.3. The first-order valence-electron chi connectivity index (χ1n) is 11.8. The second kappa shape index (κ2) is 11.5. The summed E-state index contributed by atoms with van der Waals surface area (Å²) in [5, 5.41) is 0. The molecular weight excluding hydrogens is 465 g/mol. The van der Waals surface area contributed by atoms with Crippen LogP contribution in [-0.4, -0.2) is 51.9 Å². The van der Waals surface area contributed by atoms with Crippen LogP contribution in [0.1, 0.15) is 17.5 Å². The van der Waals surface area contributed by atoms with Crippen molar-refractivity contribution in [3.8, 4) is 0 Å². The lowest BCUT2D eigenvalue weighted by Gasteiger charge is -2.36. The van der Waals surface area contributed by atoms with Crippen LogP contribution in [0, 0.1) is 5.82 Å². The molecule has 0 spiro atoms. The number of sulfonamides is 1. The minimum Gasteiger partial charge on any atom is -0.368 e. The molecule has 1 N–H and O–H groups in total. The lowest BCUT2D eigenvalue weighted by molar-refractivity contribution is -0.131. The van der Waals surface area contributed by atoms with Gasteiger partial charge in [-0.15, -0.1) is 0 Å². The molecule has 1 fully saturated rings. The van der Waals surface area contributed by atoms with Crippen molar-refractivity contribution in [2.75, 3.05) is 37.6 Å². The van der Waals surface area contributed by atoms with Gasteiger partial charge in [0.05, 0.1) is 4.90 Å². The smallest absolute Gasteiger partial charge is 0.240 e. The predicted molar refractivity (Wildman–Crippen MR) is 135 cm³/mol. The molecule has 0 aromatic heterocycles. The van der Waals surface area contributed by atoms with Crippen LogP contribution in [0.2, 0.25) is 0 Å². The minimum absolute atomic E-state index is 0.0861. The molecule has 0 saturated carbocycles. The van der Waals surface area contributed by atoms with Crippen molar-refractivity contribution >= 4 is 21.6 Å². The summed E-state index contributed by atoms with van der Waals surface area (Å²) >= 11 is 0. The molecule has 0 atom stereocenters. The standard InChI is InChI=1S/C27H30FN3O3S/c28-24-9-11-25(12-10-24)30-18-20-31(21-19-30)27(32)15-8-23-6-13-26(14-7-23)35(33,34)29-17-16-22-4-2-1-3-5-22/h1-7,9-14,29H,8,15-21H2. The summed E-state index contributed by atoms with van der Waals surface area (Å²) in [6, 6.07) is 22.9. The summed E-state index contributed by atoms with van der Waals surface area (Å²) in [6.45, 7) is 3.00. The van der Waals surface area contributed by atoms with E-state index in [4.69, 9.17) is 0 Å². The molecule has 1 heterocycles. The number of nitrogens with one attached hydrogen (secondary N) is 1. The molecule has 1 saturated heterocycles. The van der Waals surface area contributed by atoms with Gasteiger partial charge in [0.25, 0.3) is 0 Å². The maximum Gasteiger partial charge on any atom is 0.240 e. The first-order chi connectivity index (χ1) is 16.9. The van der Waals surface area contributed by atoms with E-state index in [9.17, 15) is 17.6 Å². The molecule has 3 aromatic rings. The van der Waals surface area contributed by atoms with E-state index in [2.05, 4.69) is 9.62 Å². The Balaban J connectivity index is 1.22. The average Bonchev–Trinajstić information content (AvgIpc) is 2.89. The van der Waals surface area contributed by atoms with Gasteiger partial charge in [-0.05, 0) is 60.4 Å². The van der Waals surface area contributed by atoms with Crippen molar-refractivity contribution in [2.24, 2.45) is 0 Å². The average molecular weight is 496 g/mol. The second-order valence-corrected chi connectivity index (χ2v) is 10.4. The zero-order valence-electron chi connectivity index (χ0n) is 19.6. The molecule has 6 nitrogen and oxygen atoms in total. The molecule has 1 aliphatic rings. The summed E-state index contributed by atoms with van der Waals surface area (Å²) in [5.74, 6) is -0.171. The van der Waals surface area contributed by atoms with Gasteiger partial charge in [-0.2, -0.15) is 0 Å². The summed E-state index contributed by atoms with van der Waals surface area (Å²) in [6.07, 6.45) is 1.55. The van der Waals surface area contributed by atoms with Gasteiger partial charge in [-0.3, -0.25) is 4.79 Å². The number of amides is 1. The Morgan fingerprint density at radius 3 is 2.09 bits per heavy atom. The van der Waals surface area contributed by atoms with Gasteiger partial charge in [-0.1, -0.05) is 42.5 Å². The Hall–Kier alpha value is -3.23. The van der Waals surface area contributed by atoms with Crippen molar-refractivity contribution in [2.45, 2.75) is 24.2 Å². The lowest BCUT2D eigenvalue weighted by Crippen LogP contribution is -2.48. The molecule has 1 aliphatic heterocycles. The van der Waals surface area contributed by atoms with Crippen molar-refractivity contribution < 1.29 is 17.6 Å². The maximum atomic E-state index is 13.1. The van der Waals surface area contributed by atoms with Crippen LogP contribution in [0.5, 0.6) is 0 Å². The summed E-state index contributed by atoms with van der Waals surface area (Å²) in [7, 11) is -3.58. The highest BCUT2D eigenvalue weighted by atomic mass is 32.2. The van der Waals surface area contributed by atoms with Crippen LogP contribution in [-0.2, 0) is 27.7 Å². The predicted octanol–water partition coefficient (Wildman–Crippen LogP) is 3.63. The molecule has 0 bridgehead atoms. The van der Waals surface area contributed by atoms with Crippen molar-refractivity contribution in [3.05, 3.63) is 95.8 Å². The van der Waals surface area contributed by atoms with E-state index in [0.29, 0.717) is 52.0 Å². The summed E-state index contributed by atoms with van der Waals surface area (Å²) < 4.78 is 40.9. The summed E-state index contributed by atoms with van der Waals surface area (Å²) in [4.78, 5) is 16.9. The van der Waals surface area contributed by atoms with Gasteiger partial charge in [-0.25, -0.2) is 17.5 Å². The number of anilines is 1. The fourth-order valence-electron chi connectivity index (χ4n) is 4.17. The molecule has 1 amide bonds. The lowest BCUT2D eigenvalue weighted by atomic mass is 10.1. The number of benzene rings is 3. The number of nitrogens with zero attached hydrogens (tertiary/aromatic N) is 2. The van der Waals surface area contributed by atoms with Crippen molar-refractivity contribution in [3.63, 3.8) is 0 Å². The van der Waals surface area contributed by atoms with Gasteiger partial charge in [0.15, 0.2) is 0 Å². The molecule has 0 aliphatic carbocycles. The summed E-state index contributed by atoms with van der Waals surface area (Å²) in [5.41, 5.74) is 2.96.